The molecule has 8 nitrogen and oxygen atoms in total. The monoisotopic (exact) mass is 640 g/mol. The predicted octanol–water partition coefficient (Wildman–Crippen LogP) is 7.33. The lowest BCUT2D eigenvalue weighted by molar-refractivity contribution is -0.152. The fraction of sp³-hybridized carbons (Fsp3) is 0.892. The number of unbranched alkanes of at least 4 members (excludes halogenated alkanes) is 15. The van der Waals surface area contributed by atoms with Crippen molar-refractivity contribution >= 4 is 11.9 Å². The molecule has 0 aliphatic heterocycles. The summed E-state index contributed by atoms with van der Waals surface area (Å²) in [5.41, 5.74) is 0. The number of carbonyl (C=O) groups excluding carboxylic acids is 2. The first kappa shape index (κ1) is 41.5. The lowest BCUT2D eigenvalue weighted by atomic mass is 9.88. The summed E-state index contributed by atoms with van der Waals surface area (Å²) in [6.07, 6.45) is 23.3. The van der Waals surface area contributed by atoms with Gasteiger partial charge in [0, 0.05) is 25.2 Å². The van der Waals surface area contributed by atoms with Gasteiger partial charge in [0.2, 0.25) is 0 Å². The molecule has 45 heavy (non-hydrogen) atoms. The number of hydrogen-bond donors (Lipinski definition) is 4. The Morgan fingerprint density at radius 2 is 1.13 bits per heavy atom. The van der Waals surface area contributed by atoms with Crippen molar-refractivity contribution in [3.05, 3.63) is 12.2 Å². The van der Waals surface area contributed by atoms with Gasteiger partial charge in [0.05, 0.1) is 18.3 Å². The first-order chi connectivity index (χ1) is 21.8. The van der Waals surface area contributed by atoms with E-state index in [0.717, 1.165) is 64.2 Å². The van der Waals surface area contributed by atoms with E-state index in [-0.39, 0.29) is 43.4 Å². The van der Waals surface area contributed by atoms with Gasteiger partial charge in [0.15, 0.2) is 0 Å². The Balaban J connectivity index is 2.05. The van der Waals surface area contributed by atoms with Crippen LogP contribution in [-0.4, -0.2) is 70.0 Å². The van der Waals surface area contributed by atoms with Crippen molar-refractivity contribution in [2.45, 2.75) is 186 Å². The summed E-state index contributed by atoms with van der Waals surface area (Å²) >= 11 is 0. The van der Waals surface area contributed by atoms with Gasteiger partial charge in [-0.15, -0.1) is 0 Å². The number of carbonyl (C=O) groups is 2. The maximum absolute atomic E-state index is 12.1. The number of esters is 2. The van der Waals surface area contributed by atoms with E-state index in [1.54, 1.807) is 6.08 Å². The van der Waals surface area contributed by atoms with Crippen molar-refractivity contribution < 1.29 is 39.5 Å². The minimum atomic E-state index is -1.03. The fourth-order valence-electron chi connectivity index (χ4n) is 6.24. The molecule has 1 aliphatic rings. The van der Waals surface area contributed by atoms with Crippen LogP contribution in [0.1, 0.15) is 162 Å². The van der Waals surface area contributed by atoms with Crippen molar-refractivity contribution in [1.82, 2.24) is 0 Å². The highest BCUT2D eigenvalue weighted by Gasteiger charge is 2.39. The molecule has 264 valence electrons. The smallest absolute Gasteiger partial charge is 0.305 e. The van der Waals surface area contributed by atoms with Crippen molar-refractivity contribution in [1.29, 1.82) is 0 Å². The first-order valence-corrected chi connectivity index (χ1v) is 18.5. The predicted molar refractivity (Wildman–Crippen MR) is 180 cm³/mol. The van der Waals surface area contributed by atoms with Gasteiger partial charge in [-0.1, -0.05) is 129 Å². The Labute approximate surface area is 274 Å². The second-order valence-electron chi connectivity index (χ2n) is 13.3. The van der Waals surface area contributed by atoms with E-state index >= 15 is 0 Å². The summed E-state index contributed by atoms with van der Waals surface area (Å²) in [5, 5.41) is 41.1. The molecule has 0 bridgehead atoms. The standard InChI is InChI=1S/C37H68O8/c1-3-5-7-8-9-10-11-12-13-14-19-23-36(42)44-28-31(39)29-45-37(43)24-20-16-15-18-22-32-33(35(41)27-34(32)40)26-25-30(38)21-17-6-4-2/h25-26,30-35,38-41H,3-24,27-29H2,1-2H3/b26-25+/t30-,31+,32+,33+,34-,35+/m0/s1. The van der Waals surface area contributed by atoms with Crippen molar-refractivity contribution in [3.8, 4) is 0 Å². The fourth-order valence-corrected chi connectivity index (χ4v) is 6.24. The lowest BCUT2D eigenvalue weighted by Gasteiger charge is -2.21. The molecule has 8 heteroatoms. The summed E-state index contributed by atoms with van der Waals surface area (Å²) < 4.78 is 10.3. The van der Waals surface area contributed by atoms with Crippen LogP contribution in [0.15, 0.2) is 12.2 Å². The van der Waals surface area contributed by atoms with Crippen molar-refractivity contribution in [3.63, 3.8) is 0 Å². The topological polar surface area (TPSA) is 134 Å². The van der Waals surface area contributed by atoms with E-state index in [9.17, 15) is 30.0 Å². The van der Waals surface area contributed by atoms with Crippen LogP contribution in [0.5, 0.6) is 0 Å². The summed E-state index contributed by atoms with van der Waals surface area (Å²) in [4.78, 5) is 24.0. The van der Waals surface area contributed by atoms with Gasteiger partial charge in [-0.05, 0) is 31.6 Å². The molecule has 0 aromatic rings. The van der Waals surface area contributed by atoms with Crippen LogP contribution in [0.25, 0.3) is 0 Å². The van der Waals surface area contributed by atoms with Crippen molar-refractivity contribution in [2.75, 3.05) is 13.2 Å². The third-order valence-electron chi connectivity index (χ3n) is 9.10. The van der Waals surface area contributed by atoms with Crippen LogP contribution < -0.4 is 0 Å². The third kappa shape index (κ3) is 21.9. The summed E-state index contributed by atoms with van der Waals surface area (Å²) in [6, 6.07) is 0. The van der Waals surface area contributed by atoms with Gasteiger partial charge in [0.1, 0.15) is 19.3 Å². The first-order valence-electron chi connectivity index (χ1n) is 18.5. The molecule has 0 unspecified atom stereocenters. The maximum Gasteiger partial charge on any atom is 0.305 e. The van der Waals surface area contributed by atoms with Gasteiger partial charge in [-0.2, -0.15) is 0 Å². The highest BCUT2D eigenvalue weighted by Crippen LogP contribution is 2.37. The van der Waals surface area contributed by atoms with E-state index in [2.05, 4.69) is 13.8 Å². The Bertz CT molecular complexity index is 757. The molecule has 0 aromatic carbocycles. The van der Waals surface area contributed by atoms with Crippen molar-refractivity contribution in [2.24, 2.45) is 11.8 Å². The number of hydrogen-bond acceptors (Lipinski definition) is 8. The molecule has 1 saturated carbocycles. The SMILES string of the molecule is CCCCCCCCCCCCCC(=O)OC[C@@H](O)COC(=O)CCCCCC[C@@H]1[C@@H](/C=C/[C@@H](O)CCCCC)[C@H](O)C[C@@H]1O. The second kappa shape index (κ2) is 27.6. The van der Waals surface area contributed by atoms with Gasteiger partial charge < -0.3 is 29.9 Å². The molecule has 0 aromatic heterocycles. The van der Waals surface area contributed by atoms with E-state index < -0.39 is 24.4 Å². The molecule has 0 spiro atoms. The lowest BCUT2D eigenvalue weighted by Crippen LogP contribution is -2.25. The number of aliphatic hydroxyl groups is 4. The van der Waals surface area contributed by atoms with Crippen LogP contribution >= 0.6 is 0 Å². The minimum absolute atomic E-state index is 0.0284. The normalized spacial score (nSPS) is 21.3. The summed E-state index contributed by atoms with van der Waals surface area (Å²) in [5.74, 6) is -0.873. The number of ether oxygens (including phenoxy) is 2. The van der Waals surface area contributed by atoms with Crippen LogP contribution in [-0.2, 0) is 19.1 Å². The average molecular weight is 641 g/mol. The molecular weight excluding hydrogens is 572 g/mol. The number of aliphatic hydroxyl groups excluding tert-OH is 4. The second-order valence-corrected chi connectivity index (χ2v) is 13.3. The zero-order valence-electron chi connectivity index (χ0n) is 28.7. The maximum atomic E-state index is 12.1. The van der Waals surface area contributed by atoms with Crippen LogP contribution in [0.2, 0.25) is 0 Å². The quantitative estimate of drug-likeness (QED) is 0.0379. The van der Waals surface area contributed by atoms with Gasteiger partial charge in [0.25, 0.3) is 0 Å². The zero-order valence-corrected chi connectivity index (χ0v) is 28.7. The van der Waals surface area contributed by atoms with Crippen LogP contribution in [0.4, 0.5) is 0 Å². The summed E-state index contributed by atoms with van der Waals surface area (Å²) in [7, 11) is 0. The van der Waals surface area contributed by atoms with Gasteiger partial charge in [-0.3, -0.25) is 9.59 Å². The molecule has 6 atom stereocenters. The van der Waals surface area contributed by atoms with Gasteiger partial charge in [-0.25, -0.2) is 0 Å². The molecule has 1 rings (SSSR count). The van der Waals surface area contributed by atoms with Crippen LogP contribution in [0.3, 0.4) is 0 Å². The molecule has 0 heterocycles. The zero-order chi connectivity index (χ0) is 33.1. The Hall–Kier alpha value is -1.48. The van der Waals surface area contributed by atoms with Gasteiger partial charge >= 0.3 is 11.9 Å². The Morgan fingerprint density at radius 1 is 0.667 bits per heavy atom. The molecule has 1 fully saturated rings. The van der Waals surface area contributed by atoms with E-state index in [1.165, 1.54) is 51.4 Å². The largest absolute Gasteiger partial charge is 0.463 e. The highest BCUT2D eigenvalue weighted by molar-refractivity contribution is 5.69. The molecule has 4 N–H and O–H groups in total. The Kier molecular flexibility index (Phi) is 25.5. The molecule has 0 saturated heterocycles. The average Bonchev–Trinajstić information content (AvgIpc) is 3.29. The highest BCUT2D eigenvalue weighted by atomic mass is 16.6. The third-order valence-corrected chi connectivity index (χ3v) is 9.10. The molecular formula is C37H68O8. The summed E-state index contributed by atoms with van der Waals surface area (Å²) in [6.45, 7) is 4.01. The molecule has 1 aliphatic carbocycles. The molecule has 0 amide bonds. The van der Waals surface area contributed by atoms with E-state index in [1.807, 2.05) is 6.08 Å². The number of rotatable bonds is 29. The van der Waals surface area contributed by atoms with Crippen LogP contribution in [0, 0.1) is 11.8 Å². The Morgan fingerprint density at radius 3 is 1.67 bits per heavy atom. The minimum Gasteiger partial charge on any atom is -0.463 e. The molecule has 0 radical (unpaired) electrons. The van der Waals surface area contributed by atoms with E-state index in [4.69, 9.17) is 9.47 Å². The van der Waals surface area contributed by atoms with E-state index in [0.29, 0.717) is 25.7 Å².